The van der Waals surface area contributed by atoms with Gasteiger partial charge in [-0.25, -0.2) is 0 Å². The smallest absolute Gasteiger partial charge is 0.0548 e. The van der Waals surface area contributed by atoms with E-state index in [1.165, 1.54) is 10.4 Å². The number of hydrogen-bond acceptors (Lipinski definition) is 4. The monoisotopic (exact) mass is 259 g/mol. The van der Waals surface area contributed by atoms with Crippen LogP contribution in [0.15, 0.2) is 11.4 Å². The molecule has 3 atom stereocenters. The molecule has 0 saturated heterocycles. The first-order valence-corrected chi connectivity index (χ1v) is 7.48. The highest BCUT2D eigenvalue weighted by Gasteiger charge is 2.23. The van der Waals surface area contributed by atoms with Crippen molar-refractivity contribution in [2.24, 2.45) is 5.73 Å². The molecule has 3 N–H and O–H groups in total. The number of nitrogens with two attached hydrogens (primary N) is 1. The van der Waals surface area contributed by atoms with Gasteiger partial charge < -0.3 is 10.8 Å². The summed E-state index contributed by atoms with van der Waals surface area (Å²) in [7, 11) is 0. The minimum absolute atomic E-state index is 0.163. The molecule has 0 amide bonds. The molecule has 4 heteroatoms. The maximum absolute atomic E-state index is 9.15. The van der Waals surface area contributed by atoms with Gasteiger partial charge in [0.2, 0.25) is 0 Å². The van der Waals surface area contributed by atoms with Gasteiger partial charge >= 0.3 is 0 Å². The summed E-state index contributed by atoms with van der Waals surface area (Å²) < 4.78 is 0. The van der Waals surface area contributed by atoms with E-state index in [1.807, 2.05) is 6.92 Å². The van der Waals surface area contributed by atoms with E-state index in [9.17, 15) is 0 Å². The molecule has 0 fully saturated rings. The van der Waals surface area contributed by atoms with E-state index in [0.717, 1.165) is 6.42 Å². The Morgan fingerprint density at radius 3 is 2.69 bits per heavy atom. The van der Waals surface area contributed by atoms with Crippen LogP contribution in [0.1, 0.15) is 36.0 Å². The standard InChI is InChI=1S/C12H21NOS2/c1-4-10(13)12(16-9(3)7-14)11-8(2)5-6-15-11/h5-6,9-10,12,14H,4,7,13H2,1-3H3. The molecule has 1 rings (SSSR count). The largest absolute Gasteiger partial charge is 0.395 e. The molecule has 1 aromatic heterocycles. The van der Waals surface area contributed by atoms with E-state index in [0.29, 0.717) is 5.25 Å². The van der Waals surface area contributed by atoms with Crippen LogP contribution in [0, 0.1) is 6.92 Å². The van der Waals surface area contributed by atoms with Gasteiger partial charge in [0.15, 0.2) is 0 Å². The zero-order valence-corrected chi connectivity index (χ0v) is 11.8. The van der Waals surface area contributed by atoms with Gasteiger partial charge in [-0.3, -0.25) is 0 Å². The summed E-state index contributed by atoms with van der Waals surface area (Å²) in [4.78, 5) is 1.36. The third kappa shape index (κ3) is 3.48. The van der Waals surface area contributed by atoms with Crippen LogP contribution in [0.4, 0.5) is 0 Å². The van der Waals surface area contributed by atoms with Crippen molar-refractivity contribution in [2.75, 3.05) is 6.61 Å². The first-order valence-electron chi connectivity index (χ1n) is 5.66. The maximum Gasteiger partial charge on any atom is 0.0548 e. The van der Waals surface area contributed by atoms with Gasteiger partial charge in [-0.15, -0.1) is 23.1 Å². The molecular formula is C12H21NOS2. The lowest BCUT2D eigenvalue weighted by Gasteiger charge is -2.24. The van der Waals surface area contributed by atoms with Crippen molar-refractivity contribution in [1.82, 2.24) is 0 Å². The van der Waals surface area contributed by atoms with Crippen LogP contribution in [0.2, 0.25) is 0 Å². The fourth-order valence-corrected chi connectivity index (χ4v) is 4.15. The number of thioether (sulfide) groups is 1. The van der Waals surface area contributed by atoms with E-state index in [4.69, 9.17) is 10.8 Å². The van der Waals surface area contributed by atoms with Crippen LogP contribution >= 0.6 is 23.1 Å². The number of aliphatic hydroxyl groups is 1. The van der Waals surface area contributed by atoms with E-state index in [2.05, 4.69) is 25.3 Å². The average Bonchev–Trinajstić information content (AvgIpc) is 2.70. The van der Waals surface area contributed by atoms with Crippen LogP contribution < -0.4 is 5.73 Å². The molecule has 1 heterocycles. The summed E-state index contributed by atoms with van der Waals surface area (Å²) in [6.45, 7) is 6.50. The fourth-order valence-electron chi connectivity index (χ4n) is 1.54. The Morgan fingerprint density at radius 1 is 1.56 bits per heavy atom. The molecule has 92 valence electrons. The highest BCUT2D eigenvalue weighted by atomic mass is 32.2. The molecule has 0 spiro atoms. The molecule has 0 saturated carbocycles. The van der Waals surface area contributed by atoms with Gasteiger partial charge in [-0.05, 0) is 30.4 Å². The molecule has 2 nitrogen and oxygen atoms in total. The van der Waals surface area contributed by atoms with Crippen LogP contribution in [-0.2, 0) is 0 Å². The number of rotatable bonds is 6. The number of aryl methyl sites for hydroxylation is 1. The average molecular weight is 259 g/mol. The lowest BCUT2D eigenvalue weighted by Crippen LogP contribution is -2.27. The lowest BCUT2D eigenvalue weighted by atomic mass is 10.1. The lowest BCUT2D eigenvalue weighted by molar-refractivity contribution is 0.299. The predicted molar refractivity (Wildman–Crippen MR) is 74.2 cm³/mol. The topological polar surface area (TPSA) is 46.2 Å². The highest BCUT2D eigenvalue weighted by Crippen LogP contribution is 2.39. The zero-order chi connectivity index (χ0) is 12.1. The SMILES string of the molecule is CCC(N)C(SC(C)CO)c1sccc1C. The second-order valence-corrected chi connectivity index (χ2v) is 6.62. The fraction of sp³-hybridized carbons (Fsp3) is 0.667. The Labute approximate surface area is 106 Å². The minimum Gasteiger partial charge on any atom is -0.395 e. The van der Waals surface area contributed by atoms with E-state index < -0.39 is 0 Å². The zero-order valence-electron chi connectivity index (χ0n) is 10.1. The van der Waals surface area contributed by atoms with Gasteiger partial charge in [-0.1, -0.05) is 13.8 Å². The normalized spacial score (nSPS) is 17.1. The summed E-state index contributed by atoms with van der Waals surface area (Å²) >= 11 is 3.56. The summed E-state index contributed by atoms with van der Waals surface area (Å²) in [6, 6.07) is 2.30. The van der Waals surface area contributed by atoms with Gasteiger partial charge in [-0.2, -0.15) is 0 Å². The summed E-state index contributed by atoms with van der Waals surface area (Å²) in [6.07, 6.45) is 0.965. The predicted octanol–water partition coefficient (Wildman–Crippen LogP) is 2.95. The Bertz CT molecular complexity index is 314. The molecule has 3 unspecified atom stereocenters. The van der Waals surface area contributed by atoms with Gasteiger partial charge in [0.05, 0.1) is 11.9 Å². The van der Waals surface area contributed by atoms with Crippen molar-refractivity contribution >= 4 is 23.1 Å². The number of hydrogen-bond donors (Lipinski definition) is 2. The maximum atomic E-state index is 9.15. The molecule has 0 aliphatic rings. The Kier molecular flexibility index (Phi) is 5.83. The quantitative estimate of drug-likeness (QED) is 0.825. The van der Waals surface area contributed by atoms with Crippen molar-refractivity contribution in [3.8, 4) is 0 Å². The second-order valence-electron chi connectivity index (χ2n) is 4.09. The van der Waals surface area contributed by atoms with E-state index in [1.54, 1.807) is 23.1 Å². The Balaban J connectivity index is 2.83. The van der Waals surface area contributed by atoms with Crippen molar-refractivity contribution in [3.05, 3.63) is 21.9 Å². The molecular weight excluding hydrogens is 238 g/mol. The number of aliphatic hydroxyl groups excluding tert-OH is 1. The third-order valence-corrected chi connectivity index (χ3v) is 5.40. The van der Waals surface area contributed by atoms with E-state index in [-0.39, 0.29) is 17.9 Å². The summed E-state index contributed by atoms with van der Waals surface area (Å²) in [5, 5.41) is 11.8. The second kappa shape index (κ2) is 6.64. The third-order valence-electron chi connectivity index (χ3n) is 2.66. The summed E-state index contributed by atoms with van der Waals surface area (Å²) in [5.74, 6) is 0. The molecule has 1 aromatic rings. The molecule has 16 heavy (non-hydrogen) atoms. The van der Waals surface area contributed by atoms with Gasteiger partial charge in [0.25, 0.3) is 0 Å². The molecule has 0 bridgehead atoms. The van der Waals surface area contributed by atoms with Crippen LogP contribution in [0.25, 0.3) is 0 Å². The Hall–Kier alpha value is -0.0300. The number of thiophene rings is 1. The van der Waals surface area contributed by atoms with Crippen LogP contribution in [-0.4, -0.2) is 23.0 Å². The highest BCUT2D eigenvalue weighted by molar-refractivity contribution is 8.00. The van der Waals surface area contributed by atoms with Gasteiger partial charge in [0.1, 0.15) is 0 Å². The molecule has 0 aromatic carbocycles. The molecule has 0 aliphatic carbocycles. The van der Waals surface area contributed by atoms with E-state index >= 15 is 0 Å². The van der Waals surface area contributed by atoms with Crippen molar-refractivity contribution < 1.29 is 5.11 Å². The summed E-state index contributed by atoms with van der Waals surface area (Å²) in [5.41, 5.74) is 7.50. The Morgan fingerprint density at radius 2 is 2.25 bits per heavy atom. The van der Waals surface area contributed by atoms with Crippen molar-refractivity contribution in [1.29, 1.82) is 0 Å². The van der Waals surface area contributed by atoms with Gasteiger partial charge in [0, 0.05) is 16.2 Å². The molecule has 0 aliphatic heterocycles. The minimum atomic E-state index is 0.163. The van der Waals surface area contributed by atoms with Crippen LogP contribution in [0.5, 0.6) is 0 Å². The van der Waals surface area contributed by atoms with Crippen molar-refractivity contribution in [2.45, 2.75) is 43.7 Å². The molecule has 0 radical (unpaired) electrons. The van der Waals surface area contributed by atoms with Crippen molar-refractivity contribution in [3.63, 3.8) is 0 Å². The first kappa shape index (κ1) is 14.0. The van der Waals surface area contributed by atoms with Crippen LogP contribution in [0.3, 0.4) is 0 Å². The first-order chi connectivity index (χ1) is 7.60.